The first-order valence-electron chi connectivity index (χ1n) is 7.12. The zero-order valence-corrected chi connectivity index (χ0v) is 12.4. The van der Waals surface area contributed by atoms with E-state index in [0.29, 0.717) is 0 Å². The third-order valence-electron chi connectivity index (χ3n) is 3.49. The van der Waals surface area contributed by atoms with Gasteiger partial charge in [0, 0.05) is 29.3 Å². The molecule has 0 fully saturated rings. The molecule has 0 aliphatic rings. The van der Waals surface area contributed by atoms with Crippen molar-refractivity contribution in [3.05, 3.63) is 77.0 Å². The number of halogens is 2. The summed E-state index contributed by atoms with van der Waals surface area (Å²) < 4.78 is 26.4. The molecule has 1 aromatic heterocycles. The molecular weight excluding hydrogens is 298 g/mol. The predicted molar refractivity (Wildman–Crippen MR) is 84.0 cm³/mol. The molecule has 23 heavy (non-hydrogen) atoms. The van der Waals surface area contributed by atoms with Crippen molar-refractivity contribution < 1.29 is 13.6 Å². The molecule has 0 atom stereocenters. The van der Waals surface area contributed by atoms with Crippen molar-refractivity contribution in [3.63, 3.8) is 0 Å². The van der Waals surface area contributed by atoms with Crippen LogP contribution in [0.15, 0.2) is 48.5 Å². The molecule has 116 valence electrons. The second-order valence-electron chi connectivity index (χ2n) is 5.28. The normalized spacial score (nSPS) is 10.7. The second-order valence-corrected chi connectivity index (χ2v) is 5.28. The molecular formula is C18H14F2N2O. The monoisotopic (exact) mass is 312 g/mol. The van der Waals surface area contributed by atoms with Crippen molar-refractivity contribution in [2.75, 3.05) is 0 Å². The van der Waals surface area contributed by atoms with Crippen molar-refractivity contribution >= 4 is 16.8 Å². The zero-order chi connectivity index (χ0) is 16.4. The van der Waals surface area contributed by atoms with Crippen molar-refractivity contribution in [2.24, 2.45) is 0 Å². The van der Waals surface area contributed by atoms with Crippen LogP contribution >= 0.6 is 0 Å². The van der Waals surface area contributed by atoms with Gasteiger partial charge < -0.3 is 5.32 Å². The van der Waals surface area contributed by atoms with Crippen LogP contribution in [0.4, 0.5) is 8.78 Å². The molecule has 1 heterocycles. The number of rotatable bonds is 3. The molecule has 2 aromatic carbocycles. The maximum absolute atomic E-state index is 13.2. The molecule has 0 saturated carbocycles. The van der Waals surface area contributed by atoms with Crippen molar-refractivity contribution in [1.82, 2.24) is 10.3 Å². The molecule has 3 aromatic rings. The Balaban J connectivity index is 1.84. The number of carbonyl (C=O) groups excluding carboxylic acids is 1. The van der Waals surface area contributed by atoms with Gasteiger partial charge >= 0.3 is 0 Å². The molecule has 0 unspecified atom stereocenters. The third kappa shape index (κ3) is 3.34. The lowest BCUT2D eigenvalue weighted by atomic mass is 10.1. The van der Waals surface area contributed by atoms with Gasteiger partial charge in [-0.3, -0.25) is 9.78 Å². The lowest BCUT2D eigenvalue weighted by molar-refractivity contribution is 0.0950. The summed E-state index contributed by atoms with van der Waals surface area (Å²) in [5.74, 6) is -2.08. The summed E-state index contributed by atoms with van der Waals surface area (Å²) in [7, 11) is 0. The number of carbonyl (C=O) groups is 1. The third-order valence-corrected chi connectivity index (χ3v) is 3.49. The predicted octanol–water partition coefficient (Wildman–Crippen LogP) is 3.75. The average Bonchev–Trinajstić information content (AvgIpc) is 2.51. The van der Waals surface area contributed by atoms with Crippen LogP contribution in [-0.4, -0.2) is 10.9 Å². The van der Waals surface area contributed by atoms with E-state index in [2.05, 4.69) is 10.3 Å². The fourth-order valence-corrected chi connectivity index (χ4v) is 2.50. The lowest BCUT2D eigenvalue weighted by Gasteiger charge is -2.10. The molecule has 3 nitrogen and oxygen atoms in total. The van der Waals surface area contributed by atoms with Crippen molar-refractivity contribution in [3.8, 4) is 0 Å². The summed E-state index contributed by atoms with van der Waals surface area (Å²) in [5.41, 5.74) is 2.54. The Kier molecular flexibility index (Phi) is 4.02. The molecule has 5 heteroatoms. The maximum Gasteiger partial charge on any atom is 0.251 e. The molecule has 0 saturated heterocycles. The van der Waals surface area contributed by atoms with Crippen LogP contribution in [0.25, 0.3) is 10.9 Å². The van der Waals surface area contributed by atoms with E-state index in [1.54, 1.807) is 0 Å². The van der Waals surface area contributed by atoms with E-state index >= 15 is 0 Å². The highest BCUT2D eigenvalue weighted by Gasteiger charge is 2.10. The highest BCUT2D eigenvalue weighted by Crippen LogP contribution is 2.18. The maximum atomic E-state index is 13.2. The van der Waals surface area contributed by atoms with Gasteiger partial charge in [-0.05, 0) is 36.8 Å². The SMILES string of the molecule is Cc1cc(CNC(=O)c2cc(F)cc(F)c2)c2ccccc2n1. The smallest absolute Gasteiger partial charge is 0.251 e. The quantitative estimate of drug-likeness (QED) is 0.800. The number of benzene rings is 2. The Bertz CT molecular complexity index is 873. The first kappa shape index (κ1) is 15.1. The minimum absolute atomic E-state index is 0.0439. The fourth-order valence-electron chi connectivity index (χ4n) is 2.50. The van der Waals surface area contributed by atoms with Crippen LogP contribution in [0.5, 0.6) is 0 Å². The summed E-state index contributed by atoms with van der Waals surface area (Å²) in [5, 5.41) is 3.62. The molecule has 0 aliphatic carbocycles. The molecule has 0 aliphatic heterocycles. The Morgan fingerprint density at radius 1 is 1.09 bits per heavy atom. The van der Waals surface area contributed by atoms with Crippen LogP contribution in [-0.2, 0) is 6.54 Å². The van der Waals surface area contributed by atoms with Crippen LogP contribution in [0.2, 0.25) is 0 Å². The highest BCUT2D eigenvalue weighted by atomic mass is 19.1. The number of aryl methyl sites for hydroxylation is 1. The second kappa shape index (κ2) is 6.12. The zero-order valence-electron chi connectivity index (χ0n) is 12.4. The van der Waals surface area contributed by atoms with Crippen molar-refractivity contribution in [2.45, 2.75) is 13.5 Å². The van der Waals surface area contributed by atoms with E-state index in [1.807, 2.05) is 37.3 Å². The summed E-state index contributed by atoms with van der Waals surface area (Å²) >= 11 is 0. The van der Waals surface area contributed by atoms with E-state index in [4.69, 9.17) is 0 Å². The number of hydrogen-bond donors (Lipinski definition) is 1. The first-order valence-corrected chi connectivity index (χ1v) is 7.12. The molecule has 3 rings (SSSR count). The topological polar surface area (TPSA) is 42.0 Å². The van der Waals surface area contributed by atoms with E-state index < -0.39 is 17.5 Å². The van der Waals surface area contributed by atoms with Gasteiger partial charge in [-0.15, -0.1) is 0 Å². The summed E-state index contributed by atoms with van der Waals surface area (Å²) in [6.07, 6.45) is 0. The number of amides is 1. The van der Waals surface area contributed by atoms with Gasteiger partial charge in [0.2, 0.25) is 0 Å². The minimum Gasteiger partial charge on any atom is -0.348 e. The van der Waals surface area contributed by atoms with E-state index in [0.717, 1.165) is 40.4 Å². The Morgan fingerprint density at radius 3 is 2.52 bits per heavy atom. The lowest BCUT2D eigenvalue weighted by Crippen LogP contribution is -2.23. The summed E-state index contributed by atoms with van der Waals surface area (Å²) in [4.78, 5) is 16.5. The van der Waals surface area contributed by atoms with Crippen LogP contribution in [0, 0.1) is 18.6 Å². The van der Waals surface area contributed by atoms with Gasteiger partial charge in [0.05, 0.1) is 5.52 Å². The number of nitrogens with one attached hydrogen (secondary N) is 1. The van der Waals surface area contributed by atoms with Crippen molar-refractivity contribution in [1.29, 1.82) is 0 Å². The van der Waals surface area contributed by atoms with Gasteiger partial charge in [0.15, 0.2) is 0 Å². The van der Waals surface area contributed by atoms with Gasteiger partial charge in [-0.25, -0.2) is 8.78 Å². The first-order chi connectivity index (χ1) is 11.0. The molecule has 0 radical (unpaired) electrons. The Hall–Kier alpha value is -2.82. The number of para-hydroxylation sites is 1. The van der Waals surface area contributed by atoms with E-state index in [1.165, 1.54) is 0 Å². The van der Waals surface area contributed by atoms with Crippen LogP contribution < -0.4 is 5.32 Å². The summed E-state index contributed by atoms with van der Waals surface area (Å²) in [6, 6.07) is 12.2. The number of hydrogen-bond acceptors (Lipinski definition) is 2. The van der Waals surface area contributed by atoms with Gasteiger partial charge in [-0.1, -0.05) is 18.2 Å². The van der Waals surface area contributed by atoms with E-state index in [9.17, 15) is 13.6 Å². The van der Waals surface area contributed by atoms with Crippen LogP contribution in [0.3, 0.4) is 0 Å². The summed E-state index contributed by atoms with van der Waals surface area (Å²) in [6.45, 7) is 2.13. The largest absolute Gasteiger partial charge is 0.348 e. The van der Waals surface area contributed by atoms with Gasteiger partial charge in [-0.2, -0.15) is 0 Å². The fraction of sp³-hybridized carbons (Fsp3) is 0.111. The number of nitrogens with zero attached hydrogens (tertiary/aromatic N) is 1. The molecule has 1 N–H and O–H groups in total. The Labute approximate surface area is 132 Å². The standard InChI is InChI=1S/C18H14F2N2O/c1-11-6-13(16-4-2-3-5-17(16)22-11)10-21-18(23)12-7-14(19)9-15(20)8-12/h2-9H,10H2,1H3,(H,21,23). The highest BCUT2D eigenvalue weighted by molar-refractivity contribution is 5.94. The minimum atomic E-state index is -0.777. The van der Waals surface area contributed by atoms with Gasteiger partial charge in [0.25, 0.3) is 5.91 Å². The molecule has 1 amide bonds. The number of pyridine rings is 1. The van der Waals surface area contributed by atoms with Gasteiger partial charge in [0.1, 0.15) is 11.6 Å². The number of aromatic nitrogens is 1. The van der Waals surface area contributed by atoms with E-state index in [-0.39, 0.29) is 12.1 Å². The molecule has 0 bridgehead atoms. The average molecular weight is 312 g/mol. The van der Waals surface area contributed by atoms with Crippen LogP contribution in [0.1, 0.15) is 21.6 Å². The number of fused-ring (bicyclic) bond motifs is 1. The molecule has 0 spiro atoms. The Morgan fingerprint density at radius 2 is 1.78 bits per heavy atom.